The normalized spacial score (nSPS) is 28.8. The van der Waals surface area contributed by atoms with Crippen LogP contribution in [-0.4, -0.2) is 46.9 Å². The molecular weight excluding hydrogens is 248 g/mol. The fourth-order valence-corrected chi connectivity index (χ4v) is 3.01. The summed E-state index contributed by atoms with van der Waals surface area (Å²) in [6.07, 6.45) is 2.11. The van der Waals surface area contributed by atoms with Crippen molar-refractivity contribution in [2.45, 2.75) is 32.2 Å². The number of hydrogen-bond acceptors (Lipinski definition) is 4. The van der Waals surface area contributed by atoms with Crippen LogP contribution >= 0.6 is 0 Å². The van der Waals surface area contributed by atoms with Crippen LogP contribution < -0.4 is 11.1 Å². The number of fused-ring (bicyclic) bond motifs is 1. The van der Waals surface area contributed by atoms with Crippen molar-refractivity contribution in [3.63, 3.8) is 0 Å². The molecule has 0 spiro atoms. The second-order valence-corrected chi connectivity index (χ2v) is 5.08. The number of nitrogens with one attached hydrogen (secondary N) is 1. The van der Waals surface area contributed by atoms with Crippen LogP contribution in [0.2, 0.25) is 0 Å². The highest BCUT2D eigenvalue weighted by Gasteiger charge is 2.44. The molecule has 0 aromatic rings. The third kappa shape index (κ3) is 2.36. The highest BCUT2D eigenvalue weighted by atomic mass is 16.4. The summed E-state index contributed by atoms with van der Waals surface area (Å²) in [5.74, 6) is -0.905. The Bertz CT molecular complexity index is 410. The van der Waals surface area contributed by atoms with Gasteiger partial charge < -0.3 is 21.2 Å². The molecule has 0 saturated carbocycles. The van der Waals surface area contributed by atoms with Crippen LogP contribution in [0.4, 0.5) is 0 Å². The zero-order valence-electron chi connectivity index (χ0n) is 11.0. The average Bonchev–Trinajstić information content (AvgIpc) is 2.81. The quantitative estimate of drug-likeness (QED) is 0.277. The van der Waals surface area contributed by atoms with Crippen LogP contribution in [0.5, 0.6) is 0 Å². The molecular formula is C12H20N4O3. The van der Waals surface area contributed by atoms with Gasteiger partial charge in [-0.1, -0.05) is 12.1 Å². The number of oxime groups is 1. The lowest BCUT2D eigenvalue weighted by Crippen LogP contribution is -2.52. The van der Waals surface area contributed by atoms with E-state index in [0.29, 0.717) is 19.5 Å². The summed E-state index contributed by atoms with van der Waals surface area (Å²) >= 11 is 0. The predicted molar refractivity (Wildman–Crippen MR) is 68.4 cm³/mol. The number of piperidine rings is 1. The Morgan fingerprint density at radius 3 is 3.05 bits per heavy atom. The van der Waals surface area contributed by atoms with Crippen molar-refractivity contribution < 1.29 is 14.8 Å². The number of nitrogens with two attached hydrogens (primary N) is 1. The van der Waals surface area contributed by atoms with Gasteiger partial charge >= 0.3 is 0 Å². The zero-order chi connectivity index (χ0) is 14.0. The Labute approximate surface area is 111 Å². The number of hydrogen-bond donors (Lipinski definition) is 3. The van der Waals surface area contributed by atoms with Crippen molar-refractivity contribution in [1.82, 2.24) is 10.2 Å². The predicted octanol–water partition coefficient (Wildman–Crippen LogP) is -0.504. The molecule has 106 valence electrons. The summed E-state index contributed by atoms with van der Waals surface area (Å²) in [6, 6.07) is -0.0886. The number of carbonyl (C=O) groups is 2. The van der Waals surface area contributed by atoms with Crippen LogP contribution in [0, 0.1) is 11.8 Å². The fraction of sp³-hybridized carbons (Fsp3) is 0.750. The Morgan fingerprint density at radius 1 is 1.68 bits per heavy atom. The Hall–Kier alpha value is -1.79. The van der Waals surface area contributed by atoms with Crippen molar-refractivity contribution in [1.29, 1.82) is 0 Å². The maximum atomic E-state index is 12.5. The summed E-state index contributed by atoms with van der Waals surface area (Å²) in [5.41, 5.74) is 5.57. The minimum absolute atomic E-state index is 0.0272. The van der Waals surface area contributed by atoms with Crippen molar-refractivity contribution in [3.8, 4) is 0 Å². The molecule has 2 rings (SSSR count). The summed E-state index contributed by atoms with van der Waals surface area (Å²) in [7, 11) is 0. The molecule has 0 radical (unpaired) electrons. The van der Waals surface area contributed by atoms with Gasteiger partial charge in [0.1, 0.15) is 0 Å². The molecule has 7 nitrogen and oxygen atoms in total. The Balaban J connectivity index is 2.16. The SMILES string of the molecule is CCC(C(=O)N1CCCC2C(=O)NCC21)C(N)=NO. The van der Waals surface area contributed by atoms with Gasteiger partial charge in [-0.05, 0) is 19.3 Å². The van der Waals surface area contributed by atoms with Crippen LogP contribution in [0.1, 0.15) is 26.2 Å². The summed E-state index contributed by atoms with van der Waals surface area (Å²) in [6.45, 7) is 2.95. The molecule has 0 aromatic carbocycles. The van der Waals surface area contributed by atoms with Crippen molar-refractivity contribution in [3.05, 3.63) is 0 Å². The maximum absolute atomic E-state index is 12.5. The van der Waals surface area contributed by atoms with Gasteiger partial charge in [0, 0.05) is 13.1 Å². The summed E-state index contributed by atoms with van der Waals surface area (Å²) < 4.78 is 0. The maximum Gasteiger partial charge on any atom is 0.233 e. The van der Waals surface area contributed by atoms with E-state index >= 15 is 0 Å². The number of carbonyl (C=O) groups excluding carboxylic acids is 2. The molecule has 2 heterocycles. The average molecular weight is 268 g/mol. The second kappa shape index (κ2) is 5.46. The Morgan fingerprint density at radius 2 is 2.42 bits per heavy atom. The van der Waals surface area contributed by atoms with Crippen molar-refractivity contribution >= 4 is 17.6 Å². The second-order valence-electron chi connectivity index (χ2n) is 5.08. The van der Waals surface area contributed by atoms with Gasteiger partial charge in [-0.2, -0.15) is 0 Å². The summed E-state index contributed by atoms with van der Waals surface area (Å²) in [4.78, 5) is 25.9. The lowest BCUT2D eigenvalue weighted by Gasteiger charge is -2.37. The van der Waals surface area contributed by atoms with Gasteiger partial charge in [-0.3, -0.25) is 9.59 Å². The first-order chi connectivity index (χ1) is 9.10. The molecule has 0 bridgehead atoms. The summed E-state index contributed by atoms with van der Waals surface area (Å²) in [5, 5.41) is 14.5. The number of amides is 2. The smallest absolute Gasteiger partial charge is 0.233 e. The first kappa shape index (κ1) is 13.6. The van der Waals surface area contributed by atoms with E-state index in [-0.39, 0.29) is 29.6 Å². The van der Waals surface area contributed by atoms with Gasteiger partial charge in [-0.15, -0.1) is 0 Å². The van der Waals surface area contributed by atoms with E-state index in [1.165, 1.54) is 0 Å². The van der Waals surface area contributed by atoms with Crippen molar-refractivity contribution in [2.75, 3.05) is 13.1 Å². The monoisotopic (exact) mass is 268 g/mol. The van der Waals surface area contributed by atoms with Crippen LogP contribution in [0.15, 0.2) is 5.16 Å². The first-order valence-corrected chi connectivity index (χ1v) is 6.65. The molecule has 7 heteroatoms. The molecule has 2 aliphatic rings. The topological polar surface area (TPSA) is 108 Å². The van der Waals surface area contributed by atoms with Crippen LogP contribution in [0.25, 0.3) is 0 Å². The third-order valence-electron chi connectivity index (χ3n) is 4.06. The highest BCUT2D eigenvalue weighted by Crippen LogP contribution is 2.28. The van der Waals surface area contributed by atoms with Gasteiger partial charge in [0.15, 0.2) is 5.84 Å². The van der Waals surface area contributed by atoms with E-state index in [2.05, 4.69) is 10.5 Å². The standard InChI is InChI=1S/C12H20N4O3/c1-2-7(10(13)15-19)12(18)16-5-3-4-8-9(16)6-14-11(8)17/h7-9,19H,2-6H2,1H3,(H2,13,15)(H,14,17). The van der Waals surface area contributed by atoms with Gasteiger partial charge in [0.2, 0.25) is 11.8 Å². The van der Waals surface area contributed by atoms with Gasteiger partial charge in [0.25, 0.3) is 0 Å². The molecule has 2 amide bonds. The number of rotatable bonds is 3. The fourth-order valence-electron chi connectivity index (χ4n) is 3.01. The minimum atomic E-state index is -0.612. The molecule has 2 saturated heterocycles. The van der Waals surface area contributed by atoms with Gasteiger partial charge in [-0.25, -0.2) is 0 Å². The van der Waals surface area contributed by atoms with E-state index < -0.39 is 5.92 Å². The lowest BCUT2D eigenvalue weighted by atomic mass is 9.90. The third-order valence-corrected chi connectivity index (χ3v) is 4.06. The molecule has 0 aromatic heterocycles. The highest BCUT2D eigenvalue weighted by molar-refractivity contribution is 6.02. The van der Waals surface area contributed by atoms with Crippen LogP contribution in [0.3, 0.4) is 0 Å². The minimum Gasteiger partial charge on any atom is -0.409 e. The molecule has 2 aliphatic heterocycles. The molecule has 2 fully saturated rings. The van der Waals surface area contributed by atoms with Gasteiger partial charge in [0.05, 0.1) is 17.9 Å². The largest absolute Gasteiger partial charge is 0.409 e. The van der Waals surface area contributed by atoms with E-state index in [4.69, 9.17) is 10.9 Å². The number of nitrogens with zero attached hydrogens (tertiary/aromatic N) is 2. The van der Waals surface area contributed by atoms with E-state index in [0.717, 1.165) is 12.8 Å². The zero-order valence-corrected chi connectivity index (χ0v) is 11.0. The first-order valence-electron chi connectivity index (χ1n) is 6.65. The number of amidine groups is 1. The molecule has 19 heavy (non-hydrogen) atoms. The molecule has 3 unspecified atom stereocenters. The van der Waals surface area contributed by atoms with E-state index in [1.807, 2.05) is 6.92 Å². The van der Waals surface area contributed by atoms with E-state index in [9.17, 15) is 9.59 Å². The van der Waals surface area contributed by atoms with Crippen molar-refractivity contribution in [2.24, 2.45) is 22.7 Å². The lowest BCUT2D eigenvalue weighted by molar-refractivity contribution is -0.138. The van der Waals surface area contributed by atoms with E-state index in [1.54, 1.807) is 4.90 Å². The molecule has 3 atom stereocenters. The molecule has 4 N–H and O–H groups in total. The Kier molecular flexibility index (Phi) is 3.92. The van der Waals surface area contributed by atoms with Crippen LogP contribution in [-0.2, 0) is 9.59 Å². The number of likely N-dealkylation sites (tertiary alicyclic amines) is 1. The molecule has 0 aliphatic carbocycles.